The number of carbonyl (C=O) groups excluding carboxylic acids is 2. The van der Waals surface area contributed by atoms with Gasteiger partial charge >= 0.3 is 5.97 Å². The van der Waals surface area contributed by atoms with Crippen molar-refractivity contribution in [2.75, 3.05) is 27.4 Å². The van der Waals surface area contributed by atoms with Crippen molar-refractivity contribution in [2.45, 2.75) is 18.9 Å². The van der Waals surface area contributed by atoms with Crippen LogP contribution in [0.3, 0.4) is 0 Å². The van der Waals surface area contributed by atoms with Crippen LogP contribution >= 0.6 is 11.6 Å². The molecular weight excluding hydrogens is 322 g/mol. The van der Waals surface area contributed by atoms with Crippen LogP contribution in [-0.4, -0.2) is 45.4 Å². The monoisotopic (exact) mass is 341 g/mol. The molecule has 1 amide bonds. The molecule has 1 N–H and O–H groups in total. The van der Waals surface area contributed by atoms with E-state index in [2.05, 4.69) is 5.32 Å². The summed E-state index contributed by atoms with van der Waals surface area (Å²) in [6, 6.07) is 4.46. The van der Waals surface area contributed by atoms with Crippen LogP contribution in [0.2, 0.25) is 5.02 Å². The van der Waals surface area contributed by atoms with E-state index in [1.54, 1.807) is 18.2 Å². The van der Waals surface area contributed by atoms with Crippen molar-refractivity contribution in [3.63, 3.8) is 0 Å². The highest BCUT2D eigenvalue weighted by atomic mass is 35.5. The summed E-state index contributed by atoms with van der Waals surface area (Å²) in [5.41, 5.74) is 0.800. The van der Waals surface area contributed by atoms with Crippen molar-refractivity contribution < 1.29 is 23.8 Å². The standard InChI is InChI=1S/C16H20ClNO5/c1-21-14-4-3-10(7-12(14)17)8-13(16(20)22-2)18-15(19)11-5-6-23-9-11/h3-4,7,11,13H,5-6,8-9H2,1-2H3,(H,18,19)/t11-,13+/m1/s1. The van der Waals surface area contributed by atoms with Gasteiger partial charge in [0.15, 0.2) is 0 Å². The number of hydrogen-bond donors (Lipinski definition) is 1. The quantitative estimate of drug-likeness (QED) is 0.795. The summed E-state index contributed by atoms with van der Waals surface area (Å²) in [5, 5.41) is 3.19. The lowest BCUT2D eigenvalue weighted by Gasteiger charge is -2.19. The Morgan fingerprint density at radius 3 is 2.78 bits per heavy atom. The number of nitrogens with one attached hydrogen (secondary N) is 1. The van der Waals surface area contributed by atoms with Crippen molar-refractivity contribution in [2.24, 2.45) is 5.92 Å². The number of ether oxygens (including phenoxy) is 3. The lowest BCUT2D eigenvalue weighted by molar-refractivity contribution is -0.145. The molecule has 1 heterocycles. The zero-order chi connectivity index (χ0) is 16.8. The lowest BCUT2D eigenvalue weighted by atomic mass is 10.0. The fraction of sp³-hybridized carbons (Fsp3) is 0.500. The van der Waals surface area contributed by atoms with Gasteiger partial charge in [0, 0.05) is 13.0 Å². The van der Waals surface area contributed by atoms with E-state index in [-0.39, 0.29) is 18.2 Å². The van der Waals surface area contributed by atoms with Crippen molar-refractivity contribution >= 4 is 23.5 Å². The number of benzene rings is 1. The van der Waals surface area contributed by atoms with Crippen molar-refractivity contribution in [1.82, 2.24) is 5.32 Å². The molecule has 1 aromatic carbocycles. The maximum absolute atomic E-state index is 12.2. The van der Waals surface area contributed by atoms with Crippen LogP contribution in [-0.2, 0) is 25.5 Å². The third-order valence-electron chi connectivity index (χ3n) is 3.76. The van der Waals surface area contributed by atoms with Crippen LogP contribution in [0.5, 0.6) is 5.75 Å². The van der Waals surface area contributed by atoms with Crippen LogP contribution in [0.15, 0.2) is 18.2 Å². The summed E-state index contributed by atoms with van der Waals surface area (Å²) in [6.45, 7) is 0.948. The van der Waals surface area contributed by atoms with Crippen LogP contribution < -0.4 is 10.1 Å². The number of carbonyl (C=O) groups is 2. The van der Waals surface area contributed by atoms with Gasteiger partial charge in [-0.3, -0.25) is 4.79 Å². The summed E-state index contributed by atoms with van der Waals surface area (Å²) < 4.78 is 15.1. The van der Waals surface area contributed by atoms with Gasteiger partial charge in [0.25, 0.3) is 0 Å². The Hall–Kier alpha value is -1.79. The molecule has 1 aromatic rings. The second-order valence-electron chi connectivity index (χ2n) is 5.32. The highest BCUT2D eigenvalue weighted by Gasteiger charge is 2.28. The van der Waals surface area contributed by atoms with Crippen molar-refractivity contribution in [3.8, 4) is 5.75 Å². The van der Waals surface area contributed by atoms with Crippen molar-refractivity contribution in [1.29, 1.82) is 0 Å². The van der Waals surface area contributed by atoms with Gasteiger partial charge in [-0.15, -0.1) is 0 Å². The van der Waals surface area contributed by atoms with Crippen LogP contribution in [0.25, 0.3) is 0 Å². The Morgan fingerprint density at radius 1 is 1.43 bits per heavy atom. The summed E-state index contributed by atoms with van der Waals surface area (Å²) in [6.07, 6.45) is 0.948. The first kappa shape index (κ1) is 17.6. The molecule has 1 fully saturated rings. The predicted octanol–water partition coefficient (Wildman–Crippen LogP) is 1.59. The largest absolute Gasteiger partial charge is 0.495 e. The number of methoxy groups -OCH3 is 2. The number of hydrogen-bond acceptors (Lipinski definition) is 5. The van der Waals surface area contributed by atoms with Crippen LogP contribution in [0.4, 0.5) is 0 Å². The number of halogens is 1. The average Bonchev–Trinajstić information content (AvgIpc) is 3.08. The topological polar surface area (TPSA) is 73.9 Å². The molecule has 1 aliphatic rings. The second-order valence-corrected chi connectivity index (χ2v) is 5.73. The Balaban J connectivity index is 2.07. The summed E-state index contributed by atoms with van der Waals surface area (Å²) in [7, 11) is 2.82. The number of esters is 1. The molecule has 6 nitrogen and oxygen atoms in total. The molecule has 1 saturated heterocycles. The summed E-state index contributed by atoms with van der Waals surface area (Å²) >= 11 is 6.09. The van der Waals surface area contributed by atoms with Gasteiger partial charge in [-0.05, 0) is 24.1 Å². The lowest BCUT2D eigenvalue weighted by Crippen LogP contribution is -2.45. The van der Waals surface area contributed by atoms with Gasteiger partial charge in [-0.2, -0.15) is 0 Å². The number of amides is 1. The summed E-state index contributed by atoms with van der Waals surface area (Å²) in [4.78, 5) is 24.1. The maximum Gasteiger partial charge on any atom is 0.328 e. The third kappa shape index (κ3) is 4.59. The normalized spacial score (nSPS) is 18.3. The van der Waals surface area contributed by atoms with E-state index in [0.29, 0.717) is 30.4 Å². The third-order valence-corrected chi connectivity index (χ3v) is 4.05. The van der Waals surface area contributed by atoms with E-state index in [1.807, 2.05) is 0 Å². The average molecular weight is 342 g/mol. The molecule has 0 aliphatic carbocycles. The molecular formula is C16H20ClNO5. The van der Waals surface area contributed by atoms with Crippen LogP contribution in [0, 0.1) is 5.92 Å². The molecule has 23 heavy (non-hydrogen) atoms. The molecule has 7 heteroatoms. The molecule has 1 aliphatic heterocycles. The van der Waals surface area contributed by atoms with Gasteiger partial charge in [0.2, 0.25) is 5.91 Å². The maximum atomic E-state index is 12.2. The van der Waals surface area contributed by atoms with E-state index in [9.17, 15) is 9.59 Å². The van der Waals surface area contributed by atoms with E-state index in [4.69, 9.17) is 25.8 Å². The zero-order valence-corrected chi connectivity index (χ0v) is 13.9. The van der Waals surface area contributed by atoms with Gasteiger partial charge in [-0.25, -0.2) is 4.79 Å². The minimum absolute atomic E-state index is 0.197. The number of rotatable bonds is 6. The van der Waals surface area contributed by atoms with E-state index < -0.39 is 12.0 Å². The Labute approximate surface area is 140 Å². The van der Waals surface area contributed by atoms with E-state index in [0.717, 1.165) is 5.56 Å². The molecule has 0 saturated carbocycles. The van der Waals surface area contributed by atoms with Gasteiger partial charge < -0.3 is 19.5 Å². The second kappa shape index (κ2) is 8.17. The van der Waals surface area contributed by atoms with Crippen LogP contribution in [0.1, 0.15) is 12.0 Å². The minimum atomic E-state index is -0.766. The molecule has 0 spiro atoms. The molecule has 0 radical (unpaired) electrons. The molecule has 2 atom stereocenters. The van der Waals surface area contributed by atoms with E-state index in [1.165, 1.54) is 14.2 Å². The smallest absolute Gasteiger partial charge is 0.328 e. The Bertz CT molecular complexity index is 572. The van der Waals surface area contributed by atoms with Gasteiger partial charge in [-0.1, -0.05) is 17.7 Å². The zero-order valence-electron chi connectivity index (χ0n) is 13.1. The molecule has 0 unspecified atom stereocenters. The first-order valence-corrected chi connectivity index (χ1v) is 7.71. The minimum Gasteiger partial charge on any atom is -0.495 e. The fourth-order valence-electron chi connectivity index (χ4n) is 2.44. The molecule has 0 bridgehead atoms. The van der Waals surface area contributed by atoms with Crippen molar-refractivity contribution in [3.05, 3.63) is 28.8 Å². The SMILES string of the molecule is COC(=O)[C@H](Cc1ccc(OC)c(Cl)c1)NC(=O)[C@@H]1CCOC1. The summed E-state index contributed by atoms with van der Waals surface area (Å²) in [5.74, 6) is -0.361. The van der Waals surface area contributed by atoms with Gasteiger partial charge in [0.05, 0.1) is 31.8 Å². The highest BCUT2D eigenvalue weighted by Crippen LogP contribution is 2.25. The molecule has 2 rings (SSSR count). The Morgan fingerprint density at radius 2 is 2.22 bits per heavy atom. The highest BCUT2D eigenvalue weighted by molar-refractivity contribution is 6.32. The first-order chi connectivity index (χ1) is 11.0. The van der Waals surface area contributed by atoms with Gasteiger partial charge in [0.1, 0.15) is 11.8 Å². The fourth-order valence-corrected chi connectivity index (χ4v) is 2.72. The Kier molecular flexibility index (Phi) is 6.24. The molecule has 0 aromatic heterocycles. The molecule has 126 valence electrons. The first-order valence-electron chi connectivity index (χ1n) is 7.33. The van der Waals surface area contributed by atoms with E-state index >= 15 is 0 Å². The predicted molar refractivity (Wildman–Crippen MR) is 84.6 cm³/mol.